The van der Waals surface area contributed by atoms with Gasteiger partial charge < -0.3 is 14.4 Å². The fourth-order valence-corrected chi connectivity index (χ4v) is 2.61. The van der Waals surface area contributed by atoms with Crippen molar-refractivity contribution >= 4 is 11.7 Å². The van der Waals surface area contributed by atoms with Crippen LogP contribution in [0.2, 0.25) is 0 Å². The zero-order valence-electron chi connectivity index (χ0n) is 12.7. The molecule has 114 valence electrons. The Morgan fingerprint density at radius 1 is 1.10 bits per heavy atom. The van der Waals surface area contributed by atoms with Gasteiger partial charge >= 0.3 is 0 Å². The van der Waals surface area contributed by atoms with Crippen LogP contribution in [0.25, 0.3) is 0 Å². The highest BCUT2D eigenvalue weighted by Gasteiger charge is 2.26. The van der Waals surface area contributed by atoms with E-state index >= 15 is 0 Å². The van der Waals surface area contributed by atoms with Gasteiger partial charge in [0, 0.05) is 37.6 Å². The van der Waals surface area contributed by atoms with Gasteiger partial charge in [0.1, 0.15) is 17.3 Å². The first-order valence-electron chi connectivity index (χ1n) is 7.07. The molecule has 1 aliphatic carbocycles. The van der Waals surface area contributed by atoms with Gasteiger partial charge in [-0.3, -0.25) is 9.59 Å². The van der Waals surface area contributed by atoms with Crippen LogP contribution in [0.5, 0.6) is 11.5 Å². The Morgan fingerprint density at radius 2 is 1.62 bits per heavy atom. The topological polar surface area (TPSA) is 55.8 Å². The van der Waals surface area contributed by atoms with Crippen molar-refractivity contribution in [3.8, 4) is 11.5 Å². The van der Waals surface area contributed by atoms with Crippen LogP contribution in [-0.4, -0.2) is 43.9 Å². The Kier molecular flexibility index (Phi) is 4.83. The third-order valence-corrected chi connectivity index (χ3v) is 3.98. The average Bonchev–Trinajstić information content (AvgIpc) is 2.53. The van der Waals surface area contributed by atoms with Crippen LogP contribution in [0.4, 0.5) is 0 Å². The monoisotopic (exact) mass is 291 g/mol. The van der Waals surface area contributed by atoms with Crippen molar-refractivity contribution in [2.24, 2.45) is 0 Å². The van der Waals surface area contributed by atoms with Crippen molar-refractivity contribution in [2.75, 3.05) is 21.3 Å². The summed E-state index contributed by atoms with van der Waals surface area (Å²) in [5.41, 5.74) is 0.533. The average molecular weight is 291 g/mol. The number of benzene rings is 1. The molecule has 1 aromatic carbocycles. The molecule has 0 unspecified atom stereocenters. The Balaban J connectivity index is 2.16. The molecule has 21 heavy (non-hydrogen) atoms. The second kappa shape index (κ2) is 6.61. The highest BCUT2D eigenvalue weighted by molar-refractivity contribution is 5.95. The van der Waals surface area contributed by atoms with Crippen LogP contribution in [-0.2, 0) is 4.79 Å². The van der Waals surface area contributed by atoms with Gasteiger partial charge in [-0.1, -0.05) is 0 Å². The second-order valence-corrected chi connectivity index (χ2v) is 5.29. The molecule has 5 heteroatoms. The molecule has 2 rings (SSSR count). The molecular formula is C16H21NO4. The normalized spacial score (nSPS) is 15.7. The highest BCUT2D eigenvalue weighted by Crippen LogP contribution is 2.25. The van der Waals surface area contributed by atoms with E-state index in [1.54, 1.807) is 44.4 Å². The summed E-state index contributed by atoms with van der Waals surface area (Å²) < 4.78 is 10.4. The summed E-state index contributed by atoms with van der Waals surface area (Å²) in [4.78, 5) is 25.6. The van der Waals surface area contributed by atoms with Gasteiger partial charge in [0.15, 0.2) is 0 Å². The van der Waals surface area contributed by atoms with E-state index in [0.29, 0.717) is 29.9 Å². The number of amides is 1. The third-order valence-electron chi connectivity index (χ3n) is 3.98. The highest BCUT2D eigenvalue weighted by atomic mass is 16.5. The molecule has 0 atom stereocenters. The first-order valence-corrected chi connectivity index (χ1v) is 7.07. The summed E-state index contributed by atoms with van der Waals surface area (Å²) in [6.45, 7) is 0. The molecule has 0 aliphatic heterocycles. The number of hydrogen-bond acceptors (Lipinski definition) is 4. The quantitative estimate of drug-likeness (QED) is 0.854. The molecule has 5 nitrogen and oxygen atoms in total. The van der Waals surface area contributed by atoms with E-state index in [9.17, 15) is 9.59 Å². The molecule has 0 bridgehead atoms. The van der Waals surface area contributed by atoms with E-state index in [1.807, 2.05) is 0 Å². The SMILES string of the molecule is COc1cc(OC)cc(C(=O)N(C)C2CCC(=O)CC2)c1. The summed E-state index contributed by atoms with van der Waals surface area (Å²) in [7, 11) is 4.90. The number of carbonyl (C=O) groups is 2. The summed E-state index contributed by atoms with van der Waals surface area (Å²) in [5.74, 6) is 1.39. The van der Waals surface area contributed by atoms with Crippen LogP contribution in [0.15, 0.2) is 18.2 Å². The number of ketones is 1. The Labute approximate surface area is 124 Å². The number of carbonyl (C=O) groups excluding carboxylic acids is 2. The minimum Gasteiger partial charge on any atom is -0.497 e. The maximum absolute atomic E-state index is 12.6. The van der Waals surface area contributed by atoms with Gasteiger partial charge in [0.25, 0.3) is 5.91 Å². The van der Waals surface area contributed by atoms with Crippen molar-refractivity contribution in [3.63, 3.8) is 0 Å². The lowest BCUT2D eigenvalue weighted by atomic mass is 9.93. The van der Waals surface area contributed by atoms with E-state index in [-0.39, 0.29) is 17.7 Å². The minimum absolute atomic E-state index is 0.0773. The Bertz CT molecular complexity index is 509. The zero-order valence-corrected chi connectivity index (χ0v) is 12.7. The van der Waals surface area contributed by atoms with Gasteiger partial charge in [-0.15, -0.1) is 0 Å². The largest absolute Gasteiger partial charge is 0.497 e. The Morgan fingerprint density at radius 3 is 2.10 bits per heavy atom. The molecule has 1 aromatic rings. The predicted octanol–water partition coefficient (Wildman–Crippen LogP) is 2.29. The zero-order chi connectivity index (χ0) is 15.4. The predicted molar refractivity (Wildman–Crippen MR) is 78.9 cm³/mol. The first kappa shape index (κ1) is 15.4. The number of nitrogens with zero attached hydrogens (tertiary/aromatic N) is 1. The number of Topliss-reactive ketones (excluding diaryl/α,β-unsaturated/α-hetero) is 1. The summed E-state index contributed by atoms with van der Waals surface area (Å²) in [6, 6.07) is 5.26. The number of methoxy groups -OCH3 is 2. The van der Waals surface area contributed by atoms with Crippen molar-refractivity contribution in [1.82, 2.24) is 4.90 Å². The fourth-order valence-electron chi connectivity index (χ4n) is 2.61. The van der Waals surface area contributed by atoms with E-state index in [2.05, 4.69) is 0 Å². The van der Waals surface area contributed by atoms with Crippen molar-refractivity contribution < 1.29 is 19.1 Å². The first-order chi connectivity index (χ1) is 10.0. The van der Waals surface area contributed by atoms with E-state index < -0.39 is 0 Å². The van der Waals surface area contributed by atoms with Crippen molar-refractivity contribution in [1.29, 1.82) is 0 Å². The molecule has 0 heterocycles. The fraction of sp³-hybridized carbons (Fsp3) is 0.500. The molecule has 0 N–H and O–H groups in total. The Hall–Kier alpha value is -2.04. The molecule has 0 aromatic heterocycles. The van der Waals surface area contributed by atoms with Gasteiger partial charge in [-0.25, -0.2) is 0 Å². The van der Waals surface area contributed by atoms with E-state index in [1.165, 1.54) is 0 Å². The van der Waals surface area contributed by atoms with Crippen LogP contribution in [0.3, 0.4) is 0 Å². The third kappa shape index (κ3) is 3.54. The summed E-state index contributed by atoms with van der Waals surface area (Å²) in [5, 5.41) is 0. The number of ether oxygens (including phenoxy) is 2. The van der Waals surface area contributed by atoms with Crippen LogP contribution in [0.1, 0.15) is 36.0 Å². The molecule has 1 aliphatic rings. The van der Waals surface area contributed by atoms with Crippen LogP contribution >= 0.6 is 0 Å². The summed E-state index contributed by atoms with van der Waals surface area (Å²) in [6.07, 6.45) is 2.60. The molecule has 1 fully saturated rings. The minimum atomic E-state index is -0.0773. The molecule has 0 radical (unpaired) electrons. The molecule has 0 saturated heterocycles. The van der Waals surface area contributed by atoms with Crippen LogP contribution in [0, 0.1) is 0 Å². The molecule has 1 saturated carbocycles. The van der Waals surface area contributed by atoms with E-state index in [4.69, 9.17) is 9.47 Å². The number of rotatable bonds is 4. The van der Waals surface area contributed by atoms with Gasteiger partial charge in [-0.05, 0) is 25.0 Å². The van der Waals surface area contributed by atoms with Crippen LogP contribution < -0.4 is 9.47 Å². The maximum atomic E-state index is 12.6. The van der Waals surface area contributed by atoms with Gasteiger partial charge in [-0.2, -0.15) is 0 Å². The molecule has 1 amide bonds. The van der Waals surface area contributed by atoms with Crippen molar-refractivity contribution in [3.05, 3.63) is 23.8 Å². The maximum Gasteiger partial charge on any atom is 0.254 e. The van der Waals surface area contributed by atoms with Gasteiger partial charge in [0.2, 0.25) is 0 Å². The molecular weight excluding hydrogens is 270 g/mol. The lowest BCUT2D eigenvalue weighted by Gasteiger charge is -2.31. The summed E-state index contributed by atoms with van der Waals surface area (Å²) >= 11 is 0. The standard InChI is InChI=1S/C16H21NO4/c1-17(12-4-6-13(18)7-5-12)16(19)11-8-14(20-2)10-15(9-11)21-3/h8-10,12H,4-7H2,1-3H3. The van der Waals surface area contributed by atoms with Crippen molar-refractivity contribution in [2.45, 2.75) is 31.7 Å². The van der Waals surface area contributed by atoms with E-state index in [0.717, 1.165) is 12.8 Å². The number of hydrogen-bond donors (Lipinski definition) is 0. The second-order valence-electron chi connectivity index (χ2n) is 5.29. The lowest BCUT2D eigenvalue weighted by molar-refractivity contribution is -0.121. The molecule has 0 spiro atoms. The smallest absolute Gasteiger partial charge is 0.254 e. The lowest BCUT2D eigenvalue weighted by Crippen LogP contribution is -2.39. The van der Waals surface area contributed by atoms with Gasteiger partial charge in [0.05, 0.1) is 14.2 Å².